The van der Waals surface area contributed by atoms with Crippen molar-refractivity contribution in [3.05, 3.63) is 69.7 Å². The third kappa shape index (κ3) is 3.64. The fourth-order valence-corrected chi connectivity index (χ4v) is 2.71. The second-order valence-corrected chi connectivity index (χ2v) is 5.50. The van der Waals surface area contributed by atoms with Crippen LogP contribution in [0, 0.1) is 11.6 Å². The number of halogens is 3. The van der Waals surface area contributed by atoms with Gasteiger partial charge in [-0.3, -0.25) is 0 Å². The maximum absolute atomic E-state index is 13.9. The highest BCUT2D eigenvalue weighted by Crippen LogP contribution is 2.25. The Kier molecular flexibility index (Phi) is 5.26. The summed E-state index contributed by atoms with van der Waals surface area (Å²) in [4.78, 5) is 0. The molecular weight excluding hydrogens is 324 g/mol. The van der Waals surface area contributed by atoms with Crippen LogP contribution < -0.4 is 5.32 Å². The summed E-state index contributed by atoms with van der Waals surface area (Å²) in [6.45, 7) is 2.57. The van der Waals surface area contributed by atoms with Crippen molar-refractivity contribution < 1.29 is 8.78 Å². The first-order valence-electron chi connectivity index (χ1n) is 6.53. The van der Waals surface area contributed by atoms with Crippen LogP contribution >= 0.6 is 15.9 Å². The van der Waals surface area contributed by atoms with Gasteiger partial charge in [0.1, 0.15) is 11.6 Å². The summed E-state index contributed by atoms with van der Waals surface area (Å²) in [5, 5.41) is 3.15. The highest BCUT2D eigenvalue weighted by molar-refractivity contribution is 9.10. The second-order valence-electron chi connectivity index (χ2n) is 4.58. The van der Waals surface area contributed by atoms with Crippen molar-refractivity contribution >= 4 is 15.9 Å². The predicted molar refractivity (Wildman–Crippen MR) is 80.6 cm³/mol. The van der Waals surface area contributed by atoms with E-state index in [4.69, 9.17) is 0 Å². The zero-order valence-corrected chi connectivity index (χ0v) is 12.8. The van der Waals surface area contributed by atoms with E-state index >= 15 is 0 Å². The molecule has 0 heterocycles. The lowest BCUT2D eigenvalue weighted by atomic mass is 9.98. The van der Waals surface area contributed by atoms with Gasteiger partial charge in [0.2, 0.25) is 0 Å². The topological polar surface area (TPSA) is 12.0 Å². The molecule has 1 atom stereocenters. The maximum atomic E-state index is 13.9. The fourth-order valence-electron chi connectivity index (χ4n) is 2.27. The monoisotopic (exact) mass is 339 g/mol. The molecule has 1 nitrogen and oxygen atoms in total. The van der Waals surface area contributed by atoms with Crippen LogP contribution in [0.5, 0.6) is 0 Å². The molecule has 2 aromatic rings. The van der Waals surface area contributed by atoms with Crippen LogP contribution in [0.1, 0.15) is 24.1 Å². The highest BCUT2D eigenvalue weighted by Gasteiger charge is 2.19. The van der Waals surface area contributed by atoms with Gasteiger partial charge in [-0.05, 0) is 42.8 Å². The largest absolute Gasteiger partial charge is 0.310 e. The lowest BCUT2D eigenvalue weighted by Gasteiger charge is -2.20. The van der Waals surface area contributed by atoms with Crippen molar-refractivity contribution in [1.82, 2.24) is 5.32 Å². The van der Waals surface area contributed by atoms with Gasteiger partial charge in [-0.15, -0.1) is 0 Å². The van der Waals surface area contributed by atoms with Gasteiger partial charge in [0.15, 0.2) is 0 Å². The molecule has 0 fully saturated rings. The van der Waals surface area contributed by atoms with E-state index in [0.29, 0.717) is 13.0 Å². The first kappa shape index (κ1) is 15.1. The molecule has 0 spiro atoms. The second kappa shape index (κ2) is 6.95. The minimum absolute atomic E-state index is 0.106. The molecule has 0 saturated carbocycles. The quantitative estimate of drug-likeness (QED) is 0.837. The van der Waals surface area contributed by atoms with Crippen molar-refractivity contribution in [3.8, 4) is 0 Å². The van der Waals surface area contributed by atoms with Crippen molar-refractivity contribution in [3.63, 3.8) is 0 Å². The summed E-state index contributed by atoms with van der Waals surface area (Å²) in [7, 11) is 0. The SMILES string of the molecule is CCNC(Cc1cccc(Br)c1)c1c(F)cccc1F. The fraction of sp³-hybridized carbons (Fsp3) is 0.250. The Morgan fingerprint density at radius 1 is 1.10 bits per heavy atom. The molecular formula is C16H16BrF2N. The Hall–Kier alpha value is -1.26. The van der Waals surface area contributed by atoms with Gasteiger partial charge in [0, 0.05) is 16.1 Å². The Morgan fingerprint density at radius 3 is 2.35 bits per heavy atom. The van der Waals surface area contributed by atoms with Crippen molar-refractivity contribution in [1.29, 1.82) is 0 Å². The highest BCUT2D eigenvalue weighted by atomic mass is 79.9. The molecule has 0 radical (unpaired) electrons. The molecule has 0 aliphatic carbocycles. The minimum atomic E-state index is -0.508. The maximum Gasteiger partial charge on any atom is 0.130 e. The van der Waals surface area contributed by atoms with Crippen LogP contribution in [0.3, 0.4) is 0 Å². The molecule has 0 aromatic heterocycles. The van der Waals surface area contributed by atoms with E-state index in [-0.39, 0.29) is 11.6 Å². The first-order valence-corrected chi connectivity index (χ1v) is 7.33. The molecule has 20 heavy (non-hydrogen) atoms. The molecule has 2 rings (SSSR count). The zero-order chi connectivity index (χ0) is 14.5. The predicted octanol–water partition coefficient (Wildman–Crippen LogP) is 4.62. The Morgan fingerprint density at radius 2 is 1.75 bits per heavy atom. The number of hydrogen-bond donors (Lipinski definition) is 1. The van der Waals surface area contributed by atoms with Gasteiger partial charge in [0.05, 0.1) is 0 Å². The average Bonchev–Trinajstić information content (AvgIpc) is 2.38. The Labute approximate surface area is 126 Å². The Bertz CT molecular complexity index is 566. The zero-order valence-electron chi connectivity index (χ0n) is 11.2. The van der Waals surface area contributed by atoms with Gasteiger partial charge in [-0.25, -0.2) is 8.78 Å². The molecule has 0 saturated heterocycles. The smallest absolute Gasteiger partial charge is 0.130 e. The van der Waals surface area contributed by atoms with E-state index in [1.54, 1.807) is 0 Å². The molecule has 4 heteroatoms. The van der Waals surface area contributed by atoms with E-state index in [1.807, 2.05) is 31.2 Å². The number of hydrogen-bond acceptors (Lipinski definition) is 1. The first-order chi connectivity index (χ1) is 9.61. The van der Waals surface area contributed by atoms with Crippen LogP contribution in [0.2, 0.25) is 0 Å². The van der Waals surface area contributed by atoms with E-state index < -0.39 is 11.6 Å². The number of benzene rings is 2. The van der Waals surface area contributed by atoms with Crippen LogP contribution in [-0.2, 0) is 6.42 Å². The number of rotatable bonds is 5. The minimum Gasteiger partial charge on any atom is -0.310 e. The van der Waals surface area contributed by atoms with Crippen LogP contribution in [-0.4, -0.2) is 6.54 Å². The van der Waals surface area contributed by atoms with Gasteiger partial charge in [-0.2, -0.15) is 0 Å². The number of likely N-dealkylation sites (N-methyl/N-ethyl adjacent to an activating group) is 1. The average molecular weight is 340 g/mol. The lowest BCUT2D eigenvalue weighted by molar-refractivity contribution is 0.473. The molecule has 1 unspecified atom stereocenters. The molecule has 0 aliphatic heterocycles. The standard InChI is InChI=1S/C16H16BrF2N/c1-2-20-15(10-11-5-3-6-12(17)9-11)16-13(18)7-4-8-14(16)19/h3-9,15,20H,2,10H2,1H3. The molecule has 106 valence electrons. The summed E-state index contributed by atoms with van der Waals surface area (Å²) in [5.41, 5.74) is 1.13. The summed E-state index contributed by atoms with van der Waals surface area (Å²) in [6.07, 6.45) is 0.533. The third-order valence-corrected chi connectivity index (χ3v) is 3.62. The van der Waals surface area contributed by atoms with E-state index in [2.05, 4.69) is 21.2 Å². The van der Waals surface area contributed by atoms with E-state index in [1.165, 1.54) is 18.2 Å². The van der Waals surface area contributed by atoms with Gasteiger partial charge >= 0.3 is 0 Å². The van der Waals surface area contributed by atoms with Gasteiger partial charge in [-0.1, -0.05) is 41.1 Å². The van der Waals surface area contributed by atoms with Gasteiger partial charge < -0.3 is 5.32 Å². The van der Waals surface area contributed by atoms with Crippen molar-refractivity contribution in [2.24, 2.45) is 0 Å². The van der Waals surface area contributed by atoms with Crippen LogP contribution in [0.4, 0.5) is 8.78 Å². The summed E-state index contributed by atoms with van der Waals surface area (Å²) in [5.74, 6) is -1.02. The Balaban J connectivity index is 2.32. The van der Waals surface area contributed by atoms with E-state index in [9.17, 15) is 8.78 Å². The third-order valence-electron chi connectivity index (χ3n) is 3.13. The summed E-state index contributed by atoms with van der Waals surface area (Å²) >= 11 is 3.41. The van der Waals surface area contributed by atoms with E-state index in [0.717, 1.165) is 10.0 Å². The van der Waals surface area contributed by atoms with Crippen LogP contribution in [0.25, 0.3) is 0 Å². The molecule has 0 aliphatic rings. The molecule has 2 aromatic carbocycles. The molecule has 0 amide bonds. The van der Waals surface area contributed by atoms with Gasteiger partial charge in [0.25, 0.3) is 0 Å². The summed E-state index contributed by atoms with van der Waals surface area (Å²) in [6, 6.07) is 11.4. The normalized spacial score (nSPS) is 12.4. The van der Waals surface area contributed by atoms with Crippen LogP contribution in [0.15, 0.2) is 46.9 Å². The van der Waals surface area contributed by atoms with Crippen molar-refractivity contribution in [2.45, 2.75) is 19.4 Å². The molecule has 0 bridgehead atoms. The number of nitrogens with one attached hydrogen (secondary N) is 1. The van der Waals surface area contributed by atoms with Crippen molar-refractivity contribution in [2.75, 3.05) is 6.54 Å². The molecule has 1 N–H and O–H groups in total. The summed E-state index contributed by atoms with van der Waals surface area (Å²) < 4.78 is 28.8. The lowest BCUT2D eigenvalue weighted by Crippen LogP contribution is -2.25.